The number of aromatic nitrogens is 5. The third kappa shape index (κ3) is 5.75. The van der Waals surface area contributed by atoms with E-state index in [1.165, 1.54) is 6.33 Å². The maximum atomic E-state index is 5.80. The van der Waals surface area contributed by atoms with Crippen LogP contribution in [0, 0.1) is 0 Å². The first-order valence-corrected chi connectivity index (χ1v) is 12.7. The Morgan fingerprint density at radius 3 is 2.54 bits per heavy atom. The van der Waals surface area contributed by atoms with Gasteiger partial charge in [0.05, 0.1) is 29.9 Å². The summed E-state index contributed by atoms with van der Waals surface area (Å²) in [7, 11) is 9.89. The van der Waals surface area contributed by atoms with Gasteiger partial charge in [0.2, 0.25) is 5.95 Å². The van der Waals surface area contributed by atoms with Crippen molar-refractivity contribution in [3.05, 3.63) is 73.4 Å². The van der Waals surface area contributed by atoms with E-state index in [-0.39, 0.29) is 0 Å². The van der Waals surface area contributed by atoms with Crippen LogP contribution < -0.4 is 20.3 Å². The van der Waals surface area contributed by atoms with Crippen LogP contribution in [0.1, 0.15) is 0 Å². The van der Waals surface area contributed by atoms with Gasteiger partial charge >= 0.3 is 0 Å². The van der Waals surface area contributed by atoms with Crippen LogP contribution in [0.25, 0.3) is 22.2 Å². The number of para-hydroxylation sites is 1. The molecule has 200 valence electrons. The van der Waals surface area contributed by atoms with Gasteiger partial charge in [0.15, 0.2) is 0 Å². The van der Waals surface area contributed by atoms with E-state index in [1.54, 1.807) is 19.5 Å². The molecule has 5 aromatic rings. The molecule has 2 aromatic carbocycles. The van der Waals surface area contributed by atoms with Crippen LogP contribution in [0.5, 0.6) is 5.75 Å². The van der Waals surface area contributed by atoms with Crippen molar-refractivity contribution in [2.45, 2.75) is 0 Å². The molecule has 0 spiro atoms. The van der Waals surface area contributed by atoms with Gasteiger partial charge in [-0.1, -0.05) is 18.2 Å². The van der Waals surface area contributed by atoms with Gasteiger partial charge in [0.25, 0.3) is 0 Å². The van der Waals surface area contributed by atoms with E-state index >= 15 is 0 Å². The minimum absolute atomic E-state index is 0.473. The molecule has 0 saturated carbocycles. The fourth-order valence-corrected chi connectivity index (χ4v) is 4.46. The zero-order valence-electron chi connectivity index (χ0n) is 22.9. The van der Waals surface area contributed by atoms with E-state index in [4.69, 9.17) is 9.72 Å². The highest BCUT2D eigenvalue weighted by atomic mass is 16.5. The highest BCUT2D eigenvalue weighted by Crippen LogP contribution is 2.39. The van der Waals surface area contributed by atoms with Gasteiger partial charge in [-0.2, -0.15) is 0 Å². The second kappa shape index (κ2) is 11.4. The SMILES string of the molecule is COc1cc(N(C)CCN(C)C)c(Nc2ccncn2)cc1Nc1nccc(-c2cn(C)c3ccccc23)n1. The Hall–Kier alpha value is -4.70. The second-order valence-electron chi connectivity index (χ2n) is 9.58. The van der Waals surface area contributed by atoms with Crippen LogP contribution in [0.15, 0.2) is 73.4 Å². The fraction of sp³-hybridized carbons (Fsp3) is 0.241. The maximum Gasteiger partial charge on any atom is 0.227 e. The Kier molecular flexibility index (Phi) is 7.55. The number of fused-ring (bicyclic) bond motifs is 1. The lowest BCUT2D eigenvalue weighted by atomic mass is 10.1. The Labute approximate surface area is 228 Å². The molecule has 0 bridgehead atoms. The molecule has 3 heterocycles. The lowest BCUT2D eigenvalue weighted by molar-refractivity contribution is 0.413. The third-order valence-electron chi connectivity index (χ3n) is 6.53. The number of nitrogens with one attached hydrogen (secondary N) is 2. The molecule has 0 radical (unpaired) electrons. The first kappa shape index (κ1) is 25.9. The molecule has 3 aromatic heterocycles. The molecule has 10 nitrogen and oxygen atoms in total. The smallest absolute Gasteiger partial charge is 0.227 e. The van der Waals surface area contributed by atoms with Gasteiger partial charge in [-0.25, -0.2) is 19.9 Å². The molecule has 2 N–H and O–H groups in total. The first-order valence-electron chi connectivity index (χ1n) is 12.7. The van der Waals surface area contributed by atoms with E-state index < -0.39 is 0 Å². The van der Waals surface area contributed by atoms with E-state index in [0.29, 0.717) is 17.5 Å². The number of hydrogen-bond donors (Lipinski definition) is 2. The zero-order chi connectivity index (χ0) is 27.4. The summed E-state index contributed by atoms with van der Waals surface area (Å²) in [5.41, 5.74) is 5.61. The highest BCUT2D eigenvalue weighted by Gasteiger charge is 2.17. The van der Waals surface area contributed by atoms with Crippen LogP contribution in [0.3, 0.4) is 0 Å². The standard InChI is InChI=1S/C29H33N9O/c1-36(2)14-15-37(3)26-17-27(39-5)24(16-23(26)33-28-11-12-30-19-32-28)35-29-31-13-10-22(34-29)21-18-38(4)25-9-7-6-8-20(21)25/h6-13,16-19H,14-15H2,1-5H3,(H,30,32,33)(H,31,34,35). The fourth-order valence-electron chi connectivity index (χ4n) is 4.46. The van der Waals surface area contributed by atoms with Crippen molar-refractivity contribution in [2.24, 2.45) is 7.05 Å². The first-order chi connectivity index (χ1) is 18.9. The van der Waals surface area contributed by atoms with E-state index in [0.717, 1.165) is 52.3 Å². The predicted molar refractivity (Wildman–Crippen MR) is 157 cm³/mol. The highest BCUT2D eigenvalue weighted by molar-refractivity contribution is 5.95. The summed E-state index contributed by atoms with van der Waals surface area (Å²) >= 11 is 0. The molecule has 0 saturated heterocycles. The number of anilines is 5. The summed E-state index contributed by atoms with van der Waals surface area (Å²) < 4.78 is 7.91. The lowest BCUT2D eigenvalue weighted by Crippen LogP contribution is -2.29. The maximum absolute atomic E-state index is 5.80. The van der Waals surface area contributed by atoms with Crippen LogP contribution in [-0.4, -0.2) is 70.7 Å². The Bertz CT molecular complexity index is 1570. The number of benzene rings is 2. The van der Waals surface area contributed by atoms with Crippen LogP contribution >= 0.6 is 0 Å². The van der Waals surface area contributed by atoms with Crippen molar-refractivity contribution < 1.29 is 4.74 Å². The van der Waals surface area contributed by atoms with Crippen molar-refractivity contribution in [1.29, 1.82) is 0 Å². The van der Waals surface area contributed by atoms with Crippen molar-refractivity contribution >= 4 is 39.7 Å². The third-order valence-corrected chi connectivity index (χ3v) is 6.53. The van der Waals surface area contributed by atoms with Crippen molar-refractivity contribution in [1.82, 2.24) is 29.4 Å². The van der Waals surface area contributed by atoms with Crippen molar-refractivity contribution in [2.75, 3.05) is 56.9 Å². The number of methoxy groups -OCH3 is 1. The van der Waals surface area contributed by atoms with Gasteiger partial charge < -0.3 is 29.7 Å². The average Bonchev–Trinajstić information content (AvgIpc) is 3.29. The van der Waals surface area contributed by atoms with E-state index in [1.807, 2.05) is 43.4 Å². The minimum atomic E-state index is 0.473. The predicted octanol–water partition coefficient (Wildman–Crippen LogP) is 4.92. The quantitative estimate of drug-likeness (QED) is 0.264. The van der Waals surface area contributed by atoms with Gasteiger partial charge in [-0.15, -0.1) is 0 Å². The molecule has 10 heteroatoms. The Balaban J connectivity index is 1.51. The monoisotopic (exact) mass is 523 g/mol. The number of hydrogen-bond acceptors (Lipinski definition) is 9. The van der Waals surface area contributed by atoms with Crippen LogP contribution in [0.4, 0.5) is 28.8 Å². The summed E-state index contributed by atoms with van der Waals surface area (Å²) in [6.07, 6.45) is 7.09. The number of aryl methyl sites for hydroxylation is 1. The van der Waals surface area contributed by atoms with Gasteiger partial charge in [-0.3, -0.25) is 0 Å². The molecular weight excluding hydrogens is 490 g/mol. The average molecular weight is 524 g/mol. The molecule has 0 amide bonds. The van der Waals surface area contributed by atoms with Crippen molar-refractivity contribution in [3.63, 3.8) is 0 Å². The molecular formula is C29H33N9O. The van der Waals surface area contributed by atoms with Crippen LogP contribution in [0.2, 0.25) is 0 Å². The summed E-state index contributed by atoms with van der Waals surface area (Å²) in [5.74, 6) is 1.84. The van der Waals surface area contributed by atoms with Gasteiger partial charge in [-0.05, 0) is 38.4 Å². The molecule has 0 aliphatic carbocycles. The van der Waals surface area contributed by atoms with Crippen LogP contribution in [-0.2, 0) is 7.05 Å². The summed E-state index contributed by atoms with van der Waals surface area (Å²) in [4.78, 5) is 22.1. The number of ether oxygens (including phenoxy) is 1. The lowest BCUT2D eigenvalue weighted by Gasteiger charge is -2.26. The molecule has 39 heavy (non-hydrogen) atoms. The zero-order valence-corrected chi connectivity index (χ0v) is 22.9. The number of likely N-dealkylation sites (N-methyl/N-ethyl adjacent to an activating group) is 2. The molecule has 0 unspecified atom stereocenters. The molecule has 0 aliphatic rings. The minimum Gasteiger partial charge on any atom is -0.494 e. The second-order valence-corrected chi connectivity index (χ2v) is 9.58. The summed E-state index contributed by atoms with van der Waals surface area (Å²) in [6, 6.07) is 16.1. The topological polar surface area (TPSA) is 96.3 Å². The molecule has 0 aliphatic heterocycles. The summed E-state index contributed by atoms with van der Waals surface area (Å²) in [5, 5.41) is 7.95. The van der Waals surface area contributed by atoms with Gasteiger partial charge in [0, 0.05) is 68.3 Å². The number of rotatable bonds is 10. The Morgan fingerprint density at radius 1 is 0.923 bits per heavy atom. The van der Waals surface area contributed by atoms with Crippen molar-refractivity contribution in [3.8, 4) is 17.0 Å². The van der Waals surface area contributed by atoms with E-state index in [9.17, 15) is 0 Å². The normalized spacial score (nSPS) is 11.1. The Morgan fingerprint density at radius 2 is 1.77 bits per heavy atom. The molecule has 5 rings (SSSR count). The molecule has 0 atom stereocenters. The molecule has 0 fully saturated rings. The van der Waals surface area contributed by atoms with E-state index in [2.05, 4.69) is 79.4 Å². The summed E-state index contributed by atoms with van der Waals surface area (Å²) in [6.45, 7) is 1.73. The number of nitrogens with zero attached hydrogens (tertiary/aromatic N) is 7. The van der Waals surface area contributed by atoms with Gasteiger partial charge in [0.1, 0.15) is 17.9 Å². The largest absolute Gasteiger partial charge is 0.494 e.